The third-order valence-corrected chi connectivity index (χ3v) is 5.53. The first-order chi connectivity index (χ1) is 13.0. The monoisotopic (exact) mass is 416 g/mol. The van der Waals surface area contributed by atoms with Crippen LogP contribution in [0.15, 0.2) is 23.1 Å². The van der Waals surface area contributed by atoms with E-state index in [0.717, 1.165) is 51.7 Å². The molecular formula is C18H25ClN2O5S. The molecular weight excluding hydrogens is 392 g/mol. The first-order valence-corrected chi connectivity index (χ1v) is 9.93. The van der Waals surface area contributed by atoms with E-state index in [1.807, 2.05) is 0 Å². The summed E-state index contributed by atoms with van der Waals surface area (Å²) < 4.78 is 5.31. The number of ether oxygens (including phenoxy) is 1. The van der Waals surface area contributed by atoms with Crippen molar-refractivity contribution in [1.82, 2.24) is 4.90 Å². The van der Waals surface area contributed by atoms with Gasteiger partial charge >= 0.3 is 5.97 Å². The van der Waals surface area contributed by atoms with E-state index in [1.54, 1.807) is 18.2 Å². The summed E-state index contributed by atoms with van der Waals surface area (Å²) in [5.74, 6) is 0.243. The van der Waals surface area contributed by atoms with Crippen LogP contribution in [0, 0.1) is 16.0 Å². The molecule has 0 unspecified atom stereocenters. The summed E-state index contributed by atoms with van der Waals surface area (Å²) in [7, 11) is 0. The molecule has 0 N–H and O–H groups in total. The third kappa shape index (κ3) is 7.94. The molecule has 1 aliphatic heterocycles. The maximum atomic E-state index is 12.0. The van der Waals surface area contributed by atoms with E-state index in [0.29, 0.717) is 28.0 Å². The van der Waals surface area contributed by atoms with Crippen molar-refractivity contribution in [2.75, 3.05) is 32.8 Å². The first kappa shape index (κ1) is 21.8. The van der Waals surface area contributed by atoms with Crippen LogP contribution in [0.5, 0.6) is 0 Å². The zero-order valence-electron chi connectivity index (χ0n) is 15.1. The van der Waals surface area contributed by atoms with Crippen molar-refractivity contribution in [2.45, 2.75) is 37.0 Å². The van der Waals surface area contributed by atoms with Crippen molar-refractivity contribution in [1.29, 1.82) is 0 Å². The van der Waals surface area contributed by atoms with Crippen LogP contribution in [-0.2, 0) is 9.57 Å². The topological polar surface area (TPSA) is 81.9 Å². The Morgan fingerprint density at radius 2 is 2.04 bits per heavy atom. The van der Waals surface area contributed by atoms with Gasteiger partial charge in [-0.3, -0.25) is 0 Å². The van der Waals surface area contributed by atoms with E-state index in [2.05, 4.69) is 22.4 Å². The lowest BCUT2D eigenvalue weighted by Crippen LogP contribution is -2.35. The van der Waals surface area contributed by atoms with E-state index in [4.69, 9.17) is 16.3 Å². The second kappa shape index (κ2) is 11.4. The molecule has 0 saturated carbocycles. The largest absolute Gasteiger partial charge is 0.462 e. The second-order valence-corrected chi connectivity index (χ2v) is 7.53. The molecule has 1 saturated heterocycles. The molecule has 0 bridgehead atoms. The summed E-state index contributed by atoms with van der Waals surface area (Å²) in [4.78, 5) is 29.4. The van der Waals surface area contributed by atoms with Gasteiger partial charge in [0.1, 0.15) is 0 Å². The number of piperidine rings is 1. The Bertz CT molecular complexity index is 638. The second-order valence-electron chi connectivity index (χ2n) is 6.64. The Morgan fingerprint density at radius 3 is 2.70 bits per heavy atom. The number of carbonyl (C=O) groups is 1. The van der Waals surface area contributed by atoms with Gasteiger partial charge in [0.2, 0.25) is 0 Å². The minimum Gasteiger partial charge on any atom is -0.462 e. The number of thiol groups is 1. The lowest BCUT2D eigenvalue weighted by molar-refractivity contribution is -0.757. The summed E-state index contributed by atoms with van der Waals surface area (Å²) in [5.41, 5.74) is 0.450. The zero-order valence-corrected chi connectivity index (χ0v) is 16.8. The van der Waals surface area contributed by atoms with Gasteiger partial charge in [-0.05, 0) is 69.3 Å². The van der Waals surface area contributed by atoms with Gasteiger partial charge in [0.25, 0.3) is 5.09 Å². The predicted molar refractivity (Wildman–Crippen MR) is 105 cm³/mol. The number of hydrogen-bond donors (Lipinski definition) is 1. The average Bonchev–Trinajstić information content (AvgIpc) is 2.65. The lowest BCUT2D eigenvalue weighted by atomic mass is 9.92. The maximum Gasteiger partial charge on any atom is 0.338 e. The fourth-order valence-corrected chi connectivity index (χ4v) is 3.52. The molecule has 1 aromatic carbocycles. The number of hydrogen-bond acceptors (Lipinski definition) is 7. The van der Waals surface area contributed by atoms with Crippen molar-refractivity contribution in [2.24, 2.45) is 5.92 Å². The number of rotatable bonds is 10. The molecule has 1 fully saturated rings. The molecule has 150 valence electrons. The minimum absolute atomic E-state index is 0.181. The Balaban J connectivity index is 1.56. The fourth-order valence-electron chi connectivity index (χ4n) is 3.19. The van der Waals surface area contributed by atoms with Crippen LogP contribution in [0.3, 0.4) is 0 Å². The number of likely N-dealkylation sites (tertiary alicyclic amines) is 1. The Kier molecular flexibility index (Phi) is 9.17. The smallest absolute Gasteiger partial charge is 0.338 e. The van der Waals surface area contributed by atoms with E-state index >= 15 is 0 Å². The standard InChI is InChI=1S/C18H25ClN2O5S/c19-16-5-4-15(13-17(16)27)18(22)25-11-2-8-20-9-6-14(7-10-20)3-1-12-26-21(23)24/h4-5,13-14,27H,1-3,6-12H2. The highest BCUT2D eigenvalue weighted by molar-refractivity contribution is 7.80. The molecule has 0 radical (unpaired) electrons. The third-order valence-electron chi connectivity index (χ3n) is 4.69. The fraction of sp³-hybridized carbons (Fsp3) is 0.611. The molecule has 0 atom stereocenters. The first-order valence-electron chi connectivity index (χ1n) is 9.11. The number of benzene rings is 1. The van der Waals surface area contributed by atoms with Gasteiger partial charge < -0.3 is 14.5 Å². The van der Waals surface area contributed by atoms with E-state index in [9.17, 15) is 14.9 Å². The number of nitrogens with zero attached hydrogens (tertiary/aromatic N) is 2. The molecule has 0 amide bonds. The highest BCUT2D eigenvalue weighted by Gasteiger charge is 2.19. The van der Waals surface area contributed by atoms with Crippen molar-refractivity contribution >= 4 is 30.2 Å². The number of halogens is 1. The van der Waals surface area contributed by atoms with E-state index in [-0.39, 0.29) is 12.6 Å². The maximum absolute atomic E-state index is 12.0. The number of carbonyl (C=O) groups excluding carboxylic acids is 1. The minimum atomic E-state index is -0.736. The molecule has 9 heteroatoms. The highest BCUT2D eigenvalue weighted by Crippen LogP contribution is 2.23. The SMILES string of the molecule is O=C(OCCCN1CCC(CCCO[N+](=O)[O-])CC1)c1ccc(Cl)c(S)c1. The molecule has 0 aliphatic carbocycles. The summed E-state index contributed by atoms with van der Waals surface area (Å²) >= 11 is 10.1. The summed E-state index contributed by atoms with van der Waals surface area (Å²) in [6.45, 7) is 3.47. The number of esters is 1. The summed E-state index contributed by atoms with van der Waals surface area (Å²) in [6.07, 6.45) is 4.66. The van der Waals surface area contributed by atoms with E-state index < -0.39 is 5.09 Å². The van der Waals surface area contributed by atoms with Crippen molar-refractivity contribution < 1.29 is 19.5 Å². The van der Waals surface area contributed by atoms with Crippen LogP contribution in [0.25, 0.3) is 0 Å². The summed E-state index contributed by atoms with van der Waals surface area (Å²) in [6, 6.07) is 4.87. The molecule has 7 nitrogen and oxygen atoms in total. The highest BCUT2D eigenvalue weighted by atomic mass is 35.5. The molecule has 1 aromatic rings. The van der Waals surface area contributed by atoms with Crippen molar-refractivity contribution in [3.8, 4) is 0 Å². The van der Waals surface area contributed by atoms with Crippen LogP contribution in [0.1, 0.15) is 42.5 Å². The molecule has 27 heavy (non-hydrogen) atoms. The van der Waals surface area contributed by atoms with Gasteiger partial charge in [-0.15, -0.1) is 22.7 Å². The molecule has 1 aliphatic rings. The van der Waals surface area contributed by atoms with Crippen LogP contribution >= 0.6 is 24.2 Å². The van der Waals surface area contributed by atoms with Crippen molar-refractivity contribution in [3.05, 3.63) is 38.9 Å². The average molecular weight is 417 g/mol. The predicted octanol–water partition coefficient (Wildman–Crippen LogP) is 3.88. The molecule has 0 aromatic heterocycles. The Hall–Kier alpha value is -1.51. The van der Waals surface area contributed by atoms with Crippen LogP contribution in [0.4, 0.5) is 0 Å². The van der Waals surface area contributed by atoms with Crippen molar-refractivity contribution in [3.63, 3.8) is 0 Å². The van der Waals surface area contributed by atoms with E-state index in [1.165, 1.54) is 0 Å². The zero-order chi connectivity index (χ0) is 19.6. The van der Waals surface area contributed by atoms with Gasteiger partial charge in [-0.1, -0.05) is 11.6 Å². The molecule has 2 rings (SSSR count). The van der Waals surface area contributed by atoms with Gasteiger partial charge in [0, 0.05) is 11.4 Å². The van der Waals surface area contributed by atoms with Gasteiger partial charge in [0.05, 0.1) is 23.8 Å². The molecule has 1 heterocycles. The quantitative estimate of drug-likeness (QED) is 0.205. The summed E-state index contributed by atoms with van der Waals surface area (Å²) in [5, 5.41) is 9.87. The van der Waals surface area contributed by atoms with Crippen LogP contribution in [-0.4, -0.2) is 48.8 Å². The van der Waals surface area contributed by atoms with Crippen LogP contribution in [0.2, 0.25) is 5.02 Å². The lowest BCUT2D eigenvalue weighted by Gasteiger charge is -2.31. The van der Waals surface area contributed by atoms with Crippen LogP contribution < -0.4 is 0 Å². The Labute approximate surface area is 169 Å². The Morgan fingerprint density at radius 1 is 1.30 bits per heavy atom. The van der Waals surface area contributed by atoms with Gasteiger partial charge in [-0.25, -0.2) is 4.79 Å². The van der Waals surface area contributed by atoms with Gasteiger partial charge in [-0.2, -0.15) is 0 Å². The normalized spacial score (nSPS) is 15.5. The van der Waals surface area contributed by atoms with Gasteiger partial charge in [0.15, 0.2) is 0 Å². The molecule has 0 spiro atoms.